The van der Waals surface area contributed by atoms with Crippen LogP contribution in [0.5, 0.6) is 0 Å². The van der Waals surface area contributed by atoms with Crippen molar-refractivity contribution in [2.24, 2.45) is 0 Å². The zero-order chi connectivity index (χ0) is 10.6. The molecule has 1 atom stereocenters. The zero-order valence-corrected chi connectivity index (χ0v) is 8.51. The van der Waals surface area contributed by atoms with E-state index in [1.807, 2.05) is 0 Å². The lowest BCUT2D eigenvalue weighted by atomic mass is 10.2. The summed E-state index contributed by atoms with van der Waals surface area (Å²) in [6.07, 6.45) is 5.14. The summed E-state index contributed by atoms with van der Waals surface area (Å²) < 4.78 is 0. The van der Waals surface area contributed by atoms with Crippen LogP contribution in [-0.2, 0) is 0 Å². The average Bonchev–Trinajstić information content (AvgIpc) is 2.17. The van der Waals surface area contributed by atoms with Crippen LogP contribution in [0.1, 0.15) is 17.3 Å². The fourth-order valence-corrected chi connectivity index (χ4v) is 1.14. The Labute approximate surface area is 88.3 Å². The number of carbonyl (C=O) groups is 1. The van der Waals surface area contributed by atoms with Crippen molar-refractivity contribution in [3.8, 4) is 12.3 Å². The van der Waals surface area contributed by atoms with Crippen molar-refractivity contribution in [1.29, 1.82) is 0 Å². The molecule has 0 aliphatic carbocycles. The SMILES string of the molecule is C#CC(C)NC(=O)c1cccc(Cl)c1. The summed E-state index contributed by atoms with van der Waals surface area (Å²) >= 11 is 5.74. The second-order valence-electron chi connectivity index (χ2n) is 2.87. The molecule has 0 fully saturated rings. The van der Waals surface area contributed by atoms with Gasteiger partial charge in [0.25, 0.3) is 5.91 Å². The predicted octanol–water partition coefficient (Wildman–Crippen LogP) is 2.09. The molecule has 0 radical (unpaired) electrons. The number of benzene rings is 1. The van der Waals surface area contributed by atoms with Gasteiger partial charge in [0.15, 0.2) is 0 Å². The third kappa shape index (κ3) is 2.79. The molecule has 0 spiro atoms. The van der Waals surface area contributed by atoms with Crippen molar-refractivity contribution in [3.05, 3.63) is 34.9 Å². The molecule has 1 amide bonds. The summed E-state index contributed by atoms with van der Waals surface area (Å²) in [5.74, 6) is 2.21. The maximum atomic E-state index is 11.5. The lowest BCUT2D eigenvalue weighted by Gasteiger charge is -2.07. The van der Waals surface area contributed by atoms with Crippen LogP contribution < -0.4 is 5.32 Å². The van der Waals surface area contributed by atoms with Crippen LogP contribution in [0, 0.1) is 12.3 Å². The van der Waals surface area contributed by atoms with Gasteiger partial charge in [-0.1, -0.05) is 23.6 Å². The third-order valence-electron chi connectivity index (χ3n) is 1.68. The molecular weight excluding hydrogens is 198 g/mol. The third-order valence-corrected chi connectivity index (χ3v) is 1.92. The largest absolute Gasteiger partial charge is 0.339 e. The van der Waals surface area contributed by atoms with Gasteiger partial charge in [-0.15, -0.1) is 6.42 Å². The minimum Gasteiger partial charge on any atom is -0.339 e. The summed E-state index contributed by atoms with van der Waals surface area (Å²) in [4.78, 5) is 11.5. The summed E-state index contributed by atoms with van der Waals surface area (Å²) in [7, 11) is 0. The van der Waals surface area contributed by atoms with Crippen molar-refractivity contribution in [2.45, 2.75) is 13.0 Å². The number of nitrogens with one attached hydrogen (secondary N) is 1. The van der Waals surface area contributed by atoms with E-state index in [1.54, 1.807) is 31.2 Å². The quantitative estimate of drug-likeness (QED) is 0.740. The van der Waals surface area contributed by atoms with Crippen LogP contribution in [0.4, 0.5) is 0 Å². The number of amides is 1. The Balaban J connectivity index is 2.76. The molecule has 0 aliphatic rings. The molecule has 1 rings (SSSR count). The maximum absolute atomic E-state index is 11.5. The van der Waals surface area contributed by atoms with E-state index in [2.05, 4.69) is 11.2 Å². The number of halogens is 1. The fraction of sp³-hybridized carbons (Fsp3) is 0.182. The second-order valence-corrected chi connectivity index (χ2v) is 3.31. The van der Waals surface area contributed by atoms with E-state index in [4.69, 9.17) is 18.0 Å². The fourth-order valence-electron chi connectivity index (χ4n) is 0.951. The first-order chi connectivity index (χ1) is 6.63. The molecule has 14 heavy (non-hydrogen) atoms. The van der Waals surface area contributed by atoms with Gasteiger partial charge in [-0.3, -0.25) is 4.79 Å². The Morgan fingerprint density at radius 3 is 2.93 bits per heavy atom. The summed E-state index contributed by atoms with van der Waals surface area (Å²) in [5, 5.41) is 3.17. The Bertz CT molecular complexity index is 381. The standard InChI is InChI=1S/C11H10ClNO/c1-3-8(2)13-11(14)9-5-4-6-10(12)7-9/h1,4-8H,2H3,(H,13,14). The van der Waals surface area contributed by atoms with Gasteiger partial charge >= 0.3 is 0 Å². The van der Waals surface area contributed by atoms with E-state index >= 15 is 0 Å². The maximum Gasteiger partial charge on any atom is 0.252 e. The summed E-state index contributed by atoms with van der Waals surface area (Å²) in [5.41, 5.74) is 0.514. The highest BCUT2D eigenvalue weighted by molar-refractivity contribution is 6.30. The molecule has 0 aromatic heterocycles. The van der Waals surface area contributed by atoms with Crippen molar-refractivity contribution < 1.29 is 4.79 Å². The number of hydrogen-bond donors (Lipinski definition) is 1. The molecular formula is C11H10ClNO. The van der Waals surface area contributed by atoms with E-state index in [0.29, 0.717) is 10.6 Å². The molecule has 1 aromatic carbocycles. The highest BCUT2D eigenvalue weighted by Gasteiger charge is 2.07. The molecule has 72 valence electrons. The van der Waals surface area contributed by atoms with Crippen molar-refractivity contribution in [2.75, 3.05) is 0 Å². The average molecular weight is 208 g/mol. The van der Waals surface area contributed by atoms with E-state index < -0.39 is 0 Å². The lowest BCUT2D eigenvalue weighted by Crippen LogP contribution is -2.31. The molecule has 2 nitrogen and oxygen atoms in total. The Kier molecular flexibility index (Phi) is 3.55. The van der Waals surface area contributed by atoms with Gasteiger partial charge in [0.2, 0.25) is 0 Å². The lowest BCUT2D eigenvalue weighted by molar-refractivity contribution is 0.0948. The van der Waals surface area contributed by atoms with Gasteiger partial charge in [0, 0.05) is 10.6 Å². The van der Waals surface area contributed by atoms with E-state index in [9.17, 15) is 4.79 Å². The molecule has 3 heteroatoms. The second kappa shape index (κ2) is 4.69. The minimum absolute atomic E-state index is 0.210. The van der Waals surface area contributed by atoms with Crippen molar-refractivity contribution >= 4 is 17.5 Å². The Morgan fingerprint density at radius 2 is 2.36 bits per heavy atom. The van der Waals surface area contributed by atoms with Crippen LogP contribution in [0.2, 0.25) is 5.02 Å². The van der Waals surface area contributed by atoms with Gasteiger partial charge < -0.3 is 5.32 Å². The number of hydrogen-bond acceptors (Lipinski definition) is 1. The predicted molar refractivity (Wildman–Crippen MR) is 57.2 cm³/mol. The van der Waals surface area contributed by atoms with Gasteiger partial charge in [0.1, 0.15) is 0 Å². The Hall–Kier alpha value is -1.46. The van der Waals surface area contributed by atoms with Crippen LogP contribution in [0.25, 0.3) is 0 Å². The molecule has 0 bridgehead atoms. The normalized spacial score (nSPS) is 11.5. The van der Waals surface area contributed by atoms with E-state index in [0.717, 1.165) is 0 Å². The first-order valence-electron chi connectivity index (χ1n) is 4.16. The first kappa shape index (κ1) is 10.6. The topological polar surface area (TPSA) is 29.1 Å². The highest BCUT2D eigenvalue weighted by Crippen LogP contribution is 2.10. The monoisotopic (exact) mass is 207 g/mol. The van der Waals surface area contributed by atoms with Crippen molar-refractivity contribution in [1.82, 2.24) is 5.32 Å². The van der Waals surface area contributed by atoms with Gasteiger partial charge in [-0.2, -0.15) is 0 Å². The Morgan fingerprint density at radius 1 is 1.64 bits per heavy atom. The van der Waals surface area contributed by atoms with Crippen LogP contribution in [-0.4, -0.2) is 11.9 Å². The van der Waals surface area contributed by atoms with Crippen molar-refractivity contribution in [3.63, 3.8) is 0 Å². The number of rotatable bonds is 2. The van der Waals surface area contributed by atoms with Gasteiger partial charge in [0.05, 0.1) is 6.04 Å². The first-order valence-corrected chi connectivity index (χ1v) is 4.54. The molecule has 1 aromatic rings. The van der Waals surface area contributed by atoms with Crippen LogP contribution >= 0.6 is 11.6 Å². The molecule has 1 N–H and O–H groups in total. The zero-order valence-electron chi connectivity index (χ0n) is 7.75. The van der Waals surface area contributed by atoms with Gasteiger partial charge in [-0.05, 0) is 25.1 Å². The number of terminal acetylenes is 1. The van der Waals surface area contributed by atoms with E-state index in [1.165, 1.54) is 0 Å². The molecule has 0 aliphatic heterocycles. The molecule has 0 saturated heterocycles. The molecule has 1 unspecified atom stereocenters. The summed E-state index contributed by atoms with van der Waals surface area (Å²) in [6.45, 7) is 1.74. The van der Waals surface area contributed by atoms with Crippen LogP contribution in [0.3, 0.4) is 0 Å². The smallest absolute Gasteiger partial charge is 0.252 e. The summed E-state index contributed by atoms with van der Waals surface area (Å²) in [6, 6.07) is 6.44. The molecule has 0 heterocycles. The number of carbonyl (C=O) groups excluding carboxylic acids is 1. The molecule has 0 saturated carbocycles. The minimum atomic E-state index is -0.276. The van der Waals surface area contributed by atoms with E-state index in [-0.39, 0.29) is 11.9 Å². The van der Waals surface area contributed by atoms with Crippen LogP contribution in [0.15, 0.2) is 24.3 Å². The van der Waals surface area contributed by atoms with Gasteiger partial charge in [-0.25, -0.2) is 0 Å². The highest BCUT2D eigenvalue weighted by atomic mass is 35.5.